The summed E-state index contributed by atoms with van der Waals surface area (Å²) < 4.78 is 18.4. The molecule has 18 heavy (non-hydrogen) atoms. The maximum Gasteiger partial charge on any atom is 0.323 e. The van der Waals surface area contributed by atoms with Crippen LogP contribution in [-0.2, 0) is 9.53 Å². The van der Waals surface area contributed by atoms with Crippen molar-refractivity contribution in [2.75, 3.05) is 7.11 Å². The van der Waals surface area contributed by atoms with Gasteiger partial charge in [0, 0.05) is 5.56 Å². The van der Waals surface area contributed by atoms with Gasteiger partial charge < -0.3 is 4.74 Å². The van der Waals surface area contributed by atoms with Gasteiger partial charge in [-0.15, -0.1) is 5.10 Å². The van der Waals surface area contributed by atoms with Gasteiger partial charge in [-0.2, -0.15) is 10.3 Å². The van der Waals surface area contributed by atoms with Gasteiger partial charge in [-0.1, -0.05) is 30.0 Å². The zero-order chi connectivity index (χ0) is 13.0. The van der Waals surface area contributed by atoms with Crippen LogP contribution in [0.3, 0.4) is 0 Å². The summed E-state index contributed by atoms with van der Waals surface area (Å²) in [5, 5.41) is 9.58. The Kier molecular flexibility index (Phi) is 3.93. The van der Waals surface area contributed by atoms with Crippen molar-refractivity contribution in [3.8, 4) is 0 Å². The number of nitrogens with zero attached hydrogens (tertiary/aromatic N) is 2. The summed E-state index contributed by atoms with van der Waals surface area (Å²) in [6, 6.07) is 6.07. The van der Waals surface area contributed by atoms with Gasteiger partial charge in [0.25, 0.3) is 0 Å². The molecular weight excluding hydrogens is 257 g/mol. The highest BCUT2D eigenvalue weighted by molar-refractivity contribution is 8.00. The second-order valence-corrected chi connectivity index (χ2v) is 4.48. The number of aromatic amines is 1. The number of methoxy groups -OCH3 is 1. The Balaban J connectivity index is 2.31. The number of hydrogen-bond acceptors (Lipinski definition) is 5. The van der Waals surface area contributed by atoms with E-state index in [1.807, 2.05) is 0 Å². The monoisotopic (exact) mass is 267 g/mol. The average molecular weight is 267 g/mol. The first kappa shape index (κ1) is 12.6. The van der Waals surface area contributed by atoms with Gasteiger partial charge >= 0.3 is 5.97 Å². The minimum Gasteiger partial charge on any atom is -0.468 e. The van der Waals surface area contributed by atoms with Crippen LogP contribution in [0.5, 0.6) is 0 Å². The zero-order valence-corrected chi connectivity index (χ0v) is 10.3. The Morgan fingerprint density at radius 2 is 2.28 bits per heavy atom. The molecule has 1 atom stereocenters. The predicted molar refractivity (Wildman–Crippen MR) is 63.4 cm³/mol. The number of esters is 1. The molecule has 0 aliphatic carbocycles. The lowest BCUT2D eigenvalue weighted by Crippen LogP contribution is -2.12. The van der Waals surface area contributed by atoms with Crippen LogP contribution in [0.1, 0.15) is 10.8 Å². The van der Waals surface area contributed by atoms with Crippen LogP contribution >= 0.6 is 11.8 Å². The van der Waals surface area contributed by atoms with Gasteiger partial charge in [0.05, 0.1) is 13.3 Å². The number of H-pyrrole nitrogens is 1. The van der Waals surface area contributed by atoms with Gasteiger partial charge in [0.1, 0.15) is 16.1 Å². The van der Waals surface area contributed by atoms with E-state index in [9.17, 15) is 9.18 Å². The molecule has 94 valence electrons. The molecule has 0 amide bonds. The molecule has 1 N–H and O–H groups in total. The molecule has 0 spiro atoms. The van der Waals surface area contributed by atoms with Gasteiger partial charge in [-0.3, -0.25) is 4.79 Å². The van der Waals surface area contributed by atoms with Gasteiger partial charge in [-0.25, -0.2) is 4.39 Å². The summed E-state index contributed by atoms with van der Waals surface area (Å²) >= 11 is 1.08. The van der Waals surface area contributed by atoms with Crippen LogP contribution in [0.4, 0.5) is 4.39 Å². The van der Waals surface area contributed by atoms with Crippen molar-refractivity contribution >= 4 is 17.7 Å². The number of carbonyl (C=O) groups excluding carboxylic acids is 1. The molecule has 1 heterocycles. The van der Waals surface area contributed by atoms with Crippen molar-refractivity contribution in [1.29, 1.82) is 0 Å². The smallest absolute Gasteiger partial charge is 0.323 e. The lowest BCUT2D eigenvalue weighted by Gasteiger charge is -2.13. The van der Waals surface area contributed by atoms with Crippen molar-refractivity contribution < 1.29 is 13.9 Å². The lowest BCUT2D eigenvalue weighted by atomic mass is 10.1. The number of nitrogens with one attached hydrogen (secondary N) is 1. The van der Waals surface area contributed by atoms with Crippen molar-refractivity contribution in [3.63, 3.8) is 0 Å². The highest BCUT2D eigenvalue weighted by Gasteiger charge is 2.26. The van der Waals surface area contributed by atoms with E-state index in [0.29, 0.717) is 5.03 Å². The highest BCUT2D eigenvalue weighted by Crippen LogP contribution is 2.35. The van der Waals surface area contributed by atoms with E-state index >= 15 is 0 Å². The molecule has 1 aromatic carbocycles. The largest absolute Gasteiger partial charge is 0.468 e. The van der Waals surface area contributed by atoms with E-state index in [4.69, 9.17) is 0 Å². The summed E-state index contributed by atoms with van der Waals surface area (Å²) in [5.41, 5.74) is 0.261. The molecule has 0 bridgehead atoms. The third kappa shape index (κ3) is 2.67. The lowest BCUT2D eigenvalue weighted by molar-refractivity contribution is -0.140. The maximum atomic E-state index is 13.7. The Hall–Kier alpha value is -1.89. The standard InChI is InChI=1S/C11H10FN3O2S/c1-17-11(16)10(18-9-6-13-15-14-9)7-4-2-3-5-8(7)12/h2-6,10H,1H3,(H,13,14,15)/t10-/m0/s1. The number of rotatable bonds is 4. The van der Waals surface area contributed by atoms with Crippen LogP contribution in [0.25, 0.3) is 0 Å². The number of aromatic nitrogens is 3. The van der Waals surface area contributed by atoms with E-state index in [2.05, 4.69) is 20.1 Å². The summed E-state index contributed by atoms with van der Waals surface area (Å²) in [7, 11) is 1.26. The molecular formula is C11H10FN3O2S. The van der Waals surface area contributed by atoms with Crippen LogP contribution in [0.15, 0.2) is 35.5 Å². The molecule has 2 aromatic rings. The molecule has 0 aliphatic rings. The first-order valence-corrected chi connectivity index (χ1v) is 5.95. The molecule has 0 radical (unpaired) electrons. The fraction of sp³-hybridized carbons (Fsp3) is 0.182. The van der Waals surface area contributed by atoms with Crippen LogP contribution in [0, 0.1) is 5.82 Å². The van der Waals surface area contributed by atoms with Crippen molar-refractivity contribution in [1.82, 2.24) is 15.4 Å². The summed E-state index contributed by atoms with van der Waals surface area (Å²) in [4.78, 5) is 11.7. The third-order valence-electron chi connectivity index (χ3n) is 2.23. The number of hydrogen-bond donors (Lipinski definition) is 1. The fourth-order valence-corrected chi connectivity index (χ4v) is 2.36. The minimum atomic E-state index is -0.804. The SMILES string of the molecule is COC(=O)[C@@H](Sc1cn[nH]n1)c1ccccc1F. The zero-order valence-electron chi connectivity index (χ0n) is 9.46. The van der Waals surface area contributed by atoms with Crippen molar-refractivity contribution in [2.24, 2.45) is 0 Å². The van der Waals surface area contributed by atoms with Crippen LogP contribution in [-0.4, -0.2) is 28.5 Å². The maximum absolute atomic E-state index is 13.7. The van der Waals surface area contributed by atoms with E-state index in [1.165, 1.54) is 19.4 Å². The number of carbonyl (C=O) groups is 1. The molecule has 0 fully saturated rings. The Bertz CT molecular complexity index is 533. The fourth-order valence-electron chi connectivity index (χ4n) is 1.40. The molecule has 1 aromatic heterocycles. The number of ether oxygens (including phenoxy) is 1. The Morgan fingerprint density at radius 1 is 1.50 bits per heavy atom. The second-order valence-electron chi connectivity index (χ2n) is 3.35. The summed E-state index contributed by atoms with van der Waals surface area (Å²) in [6.07, 6.45) is 1.46. The summed E-state index contributed by atoms with van der Waals surface area (Å²) in [5.74, 6) is -0.989. The molecule has 7 heteroatoms. The first-order valence-electron chi connectivity index (χ1n) is 5.07. The predicted octanol–water partition coefficient (Wildman–Crippen LogP) is 1.95. The summed E-state index contributed by atoms with van der Waals surface area (Å²) in [6.45, 7) is 0. The number of thioether (sulfide) groups is 1. The molecule has 5 nitrogen and oxygen atoms in total. The normalized spacial score (nSPS) is 12.1. The topological polar surface area (TPSA) is 67.9 Å². The van der Waals surface area contributed by atoms with E-state index in [1.54, 1.807) is 18.2 Å². The number of halogens is 1. The quantitative estimate of drug-likeness (QED) is 0.677. The first-order chi connectivity index (χ1) is 8.72. The van der Waals surface area contributed by atoms with E-state index < -0.39 is 17.0 Å². The Labute approximate surface area is 107 Å². The third-order valence-corrected chi connectivity index (χ3v) is 3.35. The van der Waals surface area contributed by atoms with Gasteiger partial charge in [-0.05, 0) is 6.07 Å². The van der Waals surface area contributed by atoms with Gasteiger partial charge in [0.2, 0.25) is 0 Å². The second kappa shape index (κ2) is 5.63. The van der Waals surface area contributed by atoms with Crippen molar-refractivity contribution in [3.05, 3.63) is 41.8 Å². The number of benzene rings is 1. The molecule has 0 saturated heterocycles. The van der Waals surface area contributed by atoms with E-state index in [-0.39, 0.29) is 5.56 Å². The Morgan fingerprint density at radius 3 is 2.89 bits per heavy atom. The minimum absolute atomic E-state index is 0.261. The highest BCUT2D eigenvalue weighted by atomic mass is 32.2. The molecule has 0 aliphatic heterocycles. The van der Waals surface area contributed by atoms with Crippen molar-refractivity contribution in [2.45, 2.75) is 10.3 Å². The molecule has 0 unspecified atom stereocenters. The van der Waals surface area contributed by atoms with Crippen LogP contribution in [0.2, 0.25) is 0 Å². The van der Waals surface area contributed by atoms with Crippen LogP contribution < -0.4 is 0 Å². The van der Waals surface area contributed by atoms with E-state index in [0.717, 1.165) is 11.8 Å². The van der Waals surface area contributed by atoms with Gasteiger partial charge in [0.15, 0.2) is 0 Å². The molecule has 2 rings (SSSR count). The average Bonchev–Trinajstić information content (AvgIpc) is 2.89. The molecule has 0 saturated carbocycles.